The molecule has 1 aliphatic rings. The molecule has 1 saturated carbocycles. The molecule has 0 atom stereocenters. The Bertz CT molecular complexity index is 680. The fraction of sp³-hybridized carbons (Fsp3) is 0.611. The summed E-state index contributed by atoms with van der Waals surface area (Å²) in [5.41, 5.74) is 0.228. The lowest BCUT2D eigenvalue weighted by molar-refractivity contribution is 0.296. The van der Waals surface area contributed by atoms with Crippen molar-refractivity contribution in [2.45, 2.75) is 57.9 Å². The lowest BCUT2D eigenvalue weighted by Gasteiger charge is -2.37. The molecule has 1 fully saturated rings. The zero-order valence-electron chi connectivity index (χ0n) is 15.5. The van der Waals surface area contributed by atoms with Gasteiger partial charge in [-0.3, -0.25) is 0 Å². The largest absolute Gasteiger partial charge is 0.357 e. The second kappa shape index (κ2) is 10.2. The third-order valence-corrected chi connectivity index (χ3v) is 5.86. The minimum atomic E-state index is 0. The number of aromatic nitrogens is 2. The number of nitrogens with zero attached hydrogens (tertiary/aromatic N) is 3. The fourth-order valence-corrected chi connectivity index (χ4v) is 4.46. The molecule has 2 N–H and O–H groups in total. The molecule has 0 amide bonds. The zero-order valence-corrected chi connectivity index (χ0v) is 18.6. The number of nitrogens with one attached hydrogen (secondary N) is 2. The summed E-state index contributed by atoms with van der Waals surface area (Å²) in [7, 11) is 0. The Morgan fingerprint density at radius 3 is 2.73 bits per heavy atom. The van der Waals surface area contributed by atoms with E-state index in [9.17, 15) is 0 Å². The van der Waals surface area contributed by atoms with Crippen LogP contribution >= 0.6 is 35.3 Å². The molecule has 3 rings (SSSR count). The fourth-order valence-electron chi connectivity index (χ4n) is 3.47. The molecular weight excluding hydrogens is 461 g/mol. The maximum atomic E-state index is 5.01. The van der Waals surface area contributed by atoms with E-state index in [1.54, 1.807) is 6.92 Å². The predicted octanol–water partition coefficient (Wildman–Crippen LogP) is 4.01. The number of thiophene rings is 1. The molecule has 2 heterocycles. The first kappa shape index (κ1) is 21.1. The Hall–Kier alpha value is -1.16. The van der Waals surface area contributed by atoms with Gasteiger partial charge < -0.3 is 15.2 Å². The number of rotatable bonds is 6. The van der Waals surface area contributed by atoms with E-state index in [1.807, 2.05) is 11.3 Å². The summed E-state index contributed by atoms with van der Waals surface area (Å²) in [4.78, 5) is 10.3. The molecule has 2 aromatic rings. The van der Waals surface area contributed by atoms with Gasteiger partial charge in [-0.15, -0.1) is 35.3 Å². The van der Waals surface area contributed by atoms with E-state index in [4.69, 9.17) is 4.52 Å². The van der Waals surface area contributed by atoms with Crippen molar-refractivity contribution in [2.75, 3.05) is 13.1 Å². The maximum absolute atomic E-state index is 5.01. The van der Waals surface area contributed by atoms with Crippen molar-refractivity contribution in [2.24, 2.45) is 4.99 Å². The van der Waals surface area contributed by atoms with E-state index in [2.05, 4.69) is 50.2 Å². The minimum absolute atomic E-state index is 0. The highest BCUT2D eigenvalue weighted by molar-refractivity contribution is 14.0. The molecule has 6 nitrogen and oxygen atoms in total. The summed E-state index contributed by atoms with van der Waals surface area (Å²) in [6.07, 6.45) is 6.43. The van der Waals surface area contributed by atoms with Crippen LogP contribution in [-0.2, 0) is 12.0 Å². The molecular formula is C18H28IN5OS. The topological polar surface area (TPSA) is 75.3 Å². The lowest BCUT2D eigenvalue weighted by Crippen LogP contribution is -2.46. The van der Waals surface area contributed by atoms with Crippen molar-refractivity contribution >= 4 is 41.3 Å². The van der Waals surface area contributed by atoms with Gasteiger partial charge in [0.2, 0.25) is 5.89 Å². The van der Waals surface area contributed by atoms with Gasteiger partial charge in [-0.2, -0.15) is 4.98 Å². The van der Waals surface area contributed by atoms with Crippen LogP contribution in [0.25, 0.3) is 0 Å². The van der Waals surface area contributed by atoms with Crippen molar-refractivity contribution < 1.29 is 4.52 Å². The molecule has 0 aromatic carbocycles. The standard InChI is InChI=1S/C18H27N5OS.HI/c1-3-19-17(20-12-16-22-14(2)24-23-16)21-13-18(9-5-4-6-10-18)15-8-7-11-25-15;/h7-8,11H,3-6,9-10,12-13H2,1-2H3,(H2,19,20,21);1H. The maximum Gasteiger partial charge on any atom is 0.223 e. The molecule has 0 unspecified atom stereocenters. The Balaban J connectivity index is 0.00000243. The van der Waals surface area contributed by atoms with Gasteiger partial charge in [-0.05, 0) is 31.2 Å². The van der Waals surface area contributed by atoms with E-state index < -0.39 is 0 Å². The van der Waals surface area contributed by atoms with Crippen LogP contribution in [0.4, 0.5) is 0 Å². The summed E-state index contributed by atoms with van der Waals surface area (Å²) < 4.78 is 5.01. The smallest absolute Gasteiger partial charge is 0.223 e. The third kappa shape index (κ3) is 5.42. The number of aryl methyl sites for hydroxylation is 1. The van der Waals surface area contributed by atoms with Crippen LogP contribution in [0, 0.1) is 6.92 Å². The van der Waals surface area contributed by atoms with Crippen molar-refractivity contribution in [3.8, 4) is 0 Å². The first-order chi connectivity index (χ1) is 12.2. The van der Waals surface area contributed by atoms with E-state index in [0.717, 1.165) is 19.0 Å². The van der Waals surface area contributed by atoms with Gasteiger partial charge in [0.25, 0.3) is 0 Å². The minimum Gasteiger partial charge on any atom is -0.357 e. The Morgan fingerprint density at radius 1 is 1.31 bits per heavy atom. The van der Waals surface area contributed by atoms with E-state index >= 15 is 0 Å². The van der Waals surface area contributed by atoms with Crippen LogP contribution in [-0.4, -0.2) is 29.2 Å². The molecule has 0 bridgehead atoms. The van der Waals surface area contributed by atoms with Crippen molar-refractivity contribution in [1.29, 1.82) is 0 Å². The van der Waals surface area contributed by atoms with Crippen molar-refractivity contribution in [1.82, 2.24) is 20.8 Å². The van der Waals surface area contributed by atoms with Gasteiger partial charge >= 0.3 is 0 Å². The Morgan fingerprint density at radius 2 is 2.12 bits per heavy atom. The van der Waals surface area contributed by atoms with Crippen molar-refractivity contribution in [3.05, 3.63) is 34.1 Å². The van der Waals surface area contributed by atoms with Crippen LogP contribution in [0.15, 0.2) is 27.0 Å². The number of guanidine groups is 1. The van der Waals surface area contributed by atoms with Crippen LogP contribution in [0.3, 0.4) is 0 Å². The molecule has 0 saturated heterocycles. The second-order valence-corrected chi connectivity index (χ2v) is 7.54. The normalized spacial score (nSPS) is 16.8. The van der Waals surface area contributed by atoms with Gasteiger partial charge in [0.1, 0.15) is 6.54 Å². The summed E-state index contributed by atoms with van der Waals surface area (Å²) in [6.45, 7) is 6.01. The molecule has 8 heteroatoms. The molecule has 1 aliphatic carbocycles. The highest BCUT2D eigenvalue weighted by atomic mass is 127. The SMILES string of the molecule is CCNC(=NCc1noc(C)n1)NCC1(c2cccs2)CCCCC1.I. The predicted molar refractivity (Wildman–Crippen MR) is 116 cm³/mol. The average molecular weight is 489 g/mol. The van der Waals surface area contributed by atoms with Gasteiger partial charge in [0, 0.05) is 30.3 Å². The van der Waals surface area contributed by atoms with E-state index in [1.165, 1.54) is 37.0 Å². The number of aliphatic imine (C=N–C) groups is 1. The van der Waals surface area contributed by atoms with E-state index in [0.29, 0.717) is 18.3 Å². The Kier molecular flexibility index (Phi) is 8.33. The average Bonchev–Trinajstić information content (AvgIpc) is 3.30. The molecule has 144 valence electrons. The number of hydrogen-bond acceptors (Lipinski definition) is 5. The molecule has 0 aliphatic heterocycles. The van der Waals surface area contributed by atoms with Crippen molar-refractivity contribution in [3.63, 3.8) is 0 Å². The summed E-state index contributed by atoms with van der Waals surface area (Å²) in [5, 5.41) is 13.0. The highest BCUT2D eigenvalue weighted by Crippen LogP contribution is 2.41. The summed E-state index contributed by atoms with van der Waals surface area (Å²) in [6, 6.07) is 4.44. The van der Waals surface area contributed by atoms with Crippen LogP contribution < -0.4 is 10.6 Å². The number of hydrogen-bond donors (Lipinski definition) is 2. The van der Waals surface area contributed by atoms with Gasteiger partial charge in [-0.1, -0.05) is 30.5 Å². The lowest BCUT2D eigenvalue weighted by atomic mass is 9.73. The molecule has 2 aromatic heterocycles. The number of halogens is 1. The van der Waals surface area contributed by atoms with Crippen LogP contribution in [0.5, 0.6) is 0 Å². The quantitative estimate of drug-likeness (QED) is 0.364. The first-order valence-electron chi connectivity index (χ1n) is 9.07. The summed E-state index contributed by atoms with van der Waals surface area (Å²) in [5.74, 6) is 1.99. The molecule has 0 radical (unpaired) electrons. The van der Waals surface area contributed by atoms with Gasteiger partial charge in [-0.25, -0.2) is 4.99 Å². The van der Waals surface area contributed by atoms with Gasteiger partial charge in [0.15, 0.2) is 11.8 Å². The van der Waals surface area contributed by atoms with Crippen LogP contribution in [0.1, 0.15) is 55.6 Å². The zero-order chi connectivity index (χ0) is 17.5. The third-order valence-electron chi connectivity index (χ3n) is 4.74. The van der Waals surface area contributed by atoms with Gasteiger partial charge in [0.05, 0.1) is 0 Å². The first-order valence-corrected chi connectivity index (χ1v) is 9.95. The molecule has 26 heavy (non-hydrogen) atoms. The Labute approximate surface area is 176 Å². The molecule has 0 spiro atoms. The monoisotopic (exact) mass is 489 g/mol. The summed E-state index contributed by atoms with van der Waals surface area (Å²) >= 11 is 1.87. The van der Waals surface area contributed by atoms with E-state index in [-0.39, 0.29) is 29.4 Å². The van der Waals surface area contributed by atoms with Crippen LogP contribution in [0.2, 0.25) is 0 Å². The highest BCUT2D eigenvalue weighted by Gasteiger charge is 2.34. The second-order valence-electron chi connectivity index (χ2n) is 6.60.